The van der Waals surface area contributed by atoms with E-state index in [0.29, 0.717) is 16.4 Å². The summed E-state index contributed by atoms with van der Waals surface area (Å²) in [6.45, 7) is 2.02. The second-order valence-electron chi connectivity index (χ2n) is 4.24. The topological polar surface area (TPSA) is 59.1 Å². The van der Waals surface area contributed by atoms with Crippen molar-refractivity contribution in [1.29, 1.82) is 0 Å². The number of benzene rings is 1. The maximum absolute atomic E-state index is 5.21. The van der Waals surface area contributed by atoms with Gasteiger partial charge in [0.05, 0.1) is 12.5 Å². The molecule has 0 unspecified atom stereocenters. The van der Waals surface area contributed by atoms with Crippen LogP contribution in [0.4, 0.5) is 0 Å². The molecule has 1 aromatic carbocycles. The fourth-order valence-corrected chi connectivity index (χ4v) is 2.06. The largest absolute Gasteiger partial charge is 0.463 e. The minimum absolute atomic E-state index is 0.436. The molecule has 6 heteroatoms. The highest BCUT2D eigenvalue weighted by molar-refractivity contribution is 7.71. The normalized spacial score (nSPS) is 11.2. The molecule has 100 valence electrons. The summed E-state index contributed by atoms with van der Waals surface area (Å²) in [6.07, 6.45) is 3.20. The number of nitrogens with zero attached hydrogens (tertiary/aromatic N) is 3. The number of hydrogen-bond acceptors (Lipinski definition) is 4. The van der Waals surface area contributed by atoms with Gasteiger partial charge in [0.15, 0.2) is 5.82 Å². The molecule has 0 aliphatic carbocycles. The van der Waals surface area contributed by atoms with E-state index in [0.717, 1.165) is 11.1 Å². The van der Waals surface area contributed by atoms with E-state index in [1.165, 1.54) is 0 Å². The summed E-state index contributed by atoms with van der Waals surface area (Å²) < 4.78 is 7.23. The first-order valence-electron chi connectivity index (χ1n) is 6.07. The molecule has 0 aliphatic heterocycles. The molecule has 20 heavy (non-hydrogen) atoms. The average Bonchev–Trinajstić information content (AvgIpc) is 3.07. The van der Waals surface area contributed by atoms with Crippen LogP contribution in [0.15, 0.2) is 52.2 Å². The summed E-state index contributed by atoms with van der Waals surface area (Å²) in [5, 5.41) is 11.3. The van der Waals surface area contributed by atoms with Crippen LogP contribution < -0.4 is 0 Å². The molecule has 0 fully saturated rings. The first-order valence-corrected chi connectivity index (χ1v) is 6.48. The molecule has 0 spiro atoms. The summed E-state index contributed by atoms with van der Waals surface area (Å²) in [7, 11) is 0. The summed E-state index contributed by atoms with van der Waals surface area (Å²) in [5.74, 6) is 1.33. The van der Waals surface area contributed by atoms with Gasteiger partial charge >= 0.3 is 0 Å². The molecule has 0 saturated heterocycles. The zero-order chi connectivity index (χ0) is 13.9. The number of aromatic nitrogens is 3. The quantitative estimate of drug-likeness (QED) is 0.592. The predicted octanol–water partition coefficient (Wildman–Crippen LogP) is 3.39. The molecule has 0 aliphatic rings. The maximum atomic E-state index is 5.21. The Hall–Kier alpha value is -2.47. The van der Waals surface area contributed by atoms with E-state index in [1.807, 2.05) is 37.3 Å². The monoisotopic (exact) mass is 284 g/mol. The van der Waals surface area contributed by atoms with Gasteiger partial charge in [-0.2, -0.15) is 14.9 Å². The lowest BCUT2D eigenvalue weighted by molar-refractivity contribution is 0.559. The van der Waals surface area contributed by atoms with Crippen molar-refractivity contribution in [2.75, 3.05) is 0 Å². The molecule has 0 bridgehead atoms. The van der Waals surface area contributed by atoms with Gasteiger partial charge in [-0.1, -0.05) is 24.3 Å². The second-order valence-corrected chi connectivity index (χ2v) is 4.63. The third kappa shape index (κ3) is 2.33. The van der Waals surface area contributed by atoms with Crippen LogP contribution in [0.1, 0.15) is 11.3 Å². The lowest BCUT2D eigenvalue weighted by Crippen LogP contribution is -1.96. The number of nitrogens with one attached hydrogen (secondary N) is 1. The number of aryl methyl sites for hydroxylation is 1. The van der Waals surface area contributed by atoms with Crippen molar-refractivity contribution in [3.05, 3.63) is 58.8 Å². The standard InChI is InChI=1S/C14H12N4OS/c1-10-5-2-3-7-12(10)13-16-17-14(20)18(13)15-9-11-6-4-8-19-11/h2-9H,1H3,(H,17,20). The van der Waals surface area contributed by atoms with Crippen molar-refractivity contribution < 1.29 is 4.42 Å². The summed E-state index contributed by atoms with van der Waals surface area (Å²) >= 11 is 5.21. The highest BCUT2D eigenvalue weighted by Gasteiger charge is 2.09. The molecule has 5 nitrogen and oxygen atoms in total. The number of furan rings is 1. The minimum Gasteiger partial charge on any atom is -0.463 e. The van der Waals surface area contributed by atoms with Gasteiger partial charge in [0.1, 0.15) is 5.76 Å². The van der Waals surface area contributed by atoms with Gasteiger partial charge in [0.25, 0.3) is 0 Å². The van der Waals surface area contributed by atoms with Gasteiger partial charge in [-0.05, 0) is 36.8 Å². The van der Waals surface area contributed by atoms with E-state index in [9.17, 15) is 0 Å². The Morgan fingerprint density at radius 1 is 1.30 bits per heavy atom. The third-order valence-corrected chi connectivity index (χ3v) is 3.14. The van der Waals surface area contributed by atoms with Crippen LogP contribution in [-0.2, 0) is 0 Å². The van der Waals surface area contributed by atoms with Crippen LogP contribution in [0.2, 0.25) is 0 Å². The van der Waals surface area contributed by atoms with Gasteiger partial charge in [0, 0.05) is 5.56 Å². The molecule has 3 aromatic rings. The maximum Gasteiger partial charge on any atom is 0.216 e. The first kappa shape index (κ1) is 12.6. The van der Waals surface area contributed by atoms with E-state index in [1.54, 1.807) is 23.2 Å². The molecular weight excluding hydrogens is 272 g/mol. The van der Waals surface area contributed by atoms with Crippen LogP contribution in [0.3, 0.4) is 0 Å². The third-order valence-electron chi connectivity index (χ3n) is 2.88. The Bertz CT molecular complexity index is 799. The molecule has 0 amide bonds. The van der Waals surface area contributed by atoms with Crippen molar-refractivity contribution in [3.63, 3.8) is 0 Å². The zero-order valence-corrected chi connectivity index (χ0v) is 11.6. The van der Waals surface area contributed by atoms with Crippen molar-refractivity contribution in [3.8, 4) is 11.4 Å². The zero-order valence-electron chi connectivity index (χ0n) is 10.8. The van der Waals surface area contributed by atoms with E-state index < -0.39 is 0 Å². The molecule has 3 rings (SSSR count). The highest BCUT2D eigenvalue weighted by atomic mass is 32.1. The van der Waals surface area contributed by atoms with Crippen molar-refractivity contribution >= 4 is 18.4 Å². The number of hydrogen-bond donors (Lipinski definition) is 1. The van der Waals surface area contributed by atoms with Crippen LogP contribution in [0, 0.1) is 11.7 Å². The fourth-order valence-electron chi connectivity index (χ4n) is 1.88. The summed E-state index contributed by atoms with van der Waals surface area (Å²) in [5.41, 5.74) is 2.09. The molecular formula is C14H12N4OS. The average molecular weight is 284 g/mol. The van der Waals surface area contributed by atoms with Gasteiger partial charge in [-0.3, -0.25) is 0 Å². The summed E-state index contributed by atoms with van der Waals surface area (Å²) in [6, 6.07) is 11.6. The molecule has 1 N–H and O–H groups in total. The lowest BCUT2D eigenvalue weighted by Gasteiger charge is -2.03. The number of rotatable bonds is 3. The summed E-state index contributed by atoms with van der Waals surface area (Å²) in [4.78, 5) is 0. The molecule has 2 aromatic heterocycles. The van der Waals surface area contributed by atoms with Crippen molar-refractivity contribution in [2.24, 2.45) is 5.10 Å². The Kier molecular flexibility index (Phi) is 3.30. The Labute approximate surface area is 120 Å². The number of aromatic amines is 1. The van der Waals surface area contributed by atoms with Crippen molar-refractivity contribution in [1.82, 2.24) is 14.9 Å². The van der Waals surface area contributed by atoms with E-state index in [-0.39, 0.29) is 0 Å². The van der Waals surface area contributed by atoms with Gasteiger partial charge in [-0.15, -0.1) is 0 Å². The smallest absolute Gasteiger partial charge is 0.216 e. The molecule has 0 radical (unpaired) electrons. The van der Waals surface area contributed by atoms with Crippen LogP contribution >= 0.6 is 12.2 Å². The Morgan fingerprint density at radius 2 is 2.15 bits per heavy atom. The SMILES string of the molecule is Cc1ccccc1-c1n[nH]c(=S)n1N=Cc1ccco1. The lowest BCUT2D eigenvalue weighted by atomic mass is 10.1. The van der Waals surface area contributed by atoms with Crippen LogP contribution in [0.25, 0.3) is 11.4 Å². The van der Waals surface area contributed by atoms with Gasteiger partial charge < -0.3 is 4.42 Å². The van der Waals surface area contributed by atoms with E-state index in [4.69, 9.17) is 16.6 Å². The first-order chi connectivity index (χ1) is 9.75. The van der Waals surface area contributed by atoms with E-state index >= 15 is 0 Å². The highest BCUT2D eigenvalue weighted by Crippen LogP contribution is 2.21. The Balaban J connectivity index is 2.07. The minimum atomic E-state index is 0.436. The Morgan fingerprint density at radius 3 is 2.90 bits per heavy atom. The van der Waals surface area contributed by atoms with Crippen LogP contribution in [0.5, 0.6) is 0 Å². The van der Waals surface area contributed by atoms with Gasteiger partial charge in [0.2, 0.25) is 4.77 Å². The second kappa shape index (κ2) is 5.26. The molecule has 0 atom stereocenters. The fraction of sp³-hybridized carbons (Fsp3) is 0.0714. The van der Waals surface area contributed by atoms with Crippen LogP contribution in [-0.4, -0.2) is 21.1 Å². The van der Waals surface area contributed by atoms with Crippen molar-refractivity contribution in [2.45, 2.75) is 6.92 Å². The van der Waals surface area contributed by atoms with Gasteiger partial charge in [-0.25, -0.2) is 5.10 Å². The molecule has 0 saturated carbocycles. The predicted molar refractivity (Wildman–Crippen MR) is 79.3 cm³/mol. The van der Waals surface area contributed by atoms with E-state index in [2.05, 4.69) is 15.3 Å². The number of H-pyrrole nitrogens is 1. The molecule has 2 heterocycles.